The van der Waals surface area contributed by atoms with Gasteiger partial charge in [-0.15, -0.1) is 0 Å². The lowest BCUT2D eigenvalue weighted by atomic mass is 10.0. The quantitative estimate of drug-likeness (QED) is 0.365. The maximum absolute atomic E-state index is 11.7. The van der Waals surface area contributed by atoms with Crippen LogP contribution in [0.3, 0.4) is 0 Å². The molecule has 1 aliphatic rings. The fourth-order valence-electron chi connectivity index (χ4n) is 2.35. The smallest absolute Gasteiger partial charge is 0.237 e. The van der Waals surface area contributed by atoms with Crippen molar-refractivity contribution in [2.45, 2.75) is 44.7 Å². The molecule has 0 saturated carbocycles. The van der Waals surface area contributed by atoms with Gasteiger partial charge in [-0.25, -0.2) is 0 Å². The first kappa shape index (κ1) is 15.7. The number of rotatable bonds is 5. The standard InChI is InChI=1S/C11H21N5O3/c1-6(2)9(14-15-12)11(19)16-5-7(17)4-8(16)10(18)13-3/h6-9,11,17,19H,4-5H2,1-3H3,(H,13,18)/t7-,8+,9?,11?/m1/s1. The van der Waals surface area contributed by atoms with Gasteiger partial charge in [0.1, 0.15) is 6.23 Å². The number of aliphatic hydroxyl groups excluding tert-OH is 2. The van der Waals surface area contributed by atoms with Crippen LogP contribution in [-0.4, -0.2) is 59.0 Å². The summed E-state index contributed by atoms with van der Waals surface area (Å²) in [6.45, 7) is 3.83. The first-order valence-electron chi connectivity index (χ1n) is 6.30. The number of nitrogens with one attached hydrogen (secondary N) is 1. The summed E-state index contributed by atoms with van der Waals surface area (Å²) in [7, 11) is 1.50. The van der Waals surface area contributed by atoms with Gasteiger partial charge in [-0.05, 0) is 17.9 Å². The van der Waals surface area contributed by atoms with Gasteiger partial charge in [-0.1, -0.05) is 19.0 Å². The molecule has 0 aromatic rings. The summed E-state index contributed by atoms with van der Waals surface area (Å²) in [6.07, 6.45) is -1.50. The number of likely N-dealkylation sites (tertiary alicyclic amines) is 1. The van der Waals surface area contributed by atoms with Crippen LogP contribution in [0.15, 0.2) is 5.11 Å². The highest BCUT2D eigenvalue weighted by Gasteiger charge is 2.41. The summed E-state index contributed by atoms with van der Waals surface area (Å²) in [4.78, 5) is 16.0. The number of azide groups is 1. The highest BCUT2D eigenvalue weighted by Crippen LogP contribution is 2.24. The molecule has 1 fully saturated rings. The zero-order chi connectivity index (χ0) is 14.6. The van der Waals surface area contributed by atoms with Gasteiger partial charge in [-0.2, -0.15) is 0 Å². The Morgan fingerprint density at radius 1 is 1.58 bits per heavy atom. The second-order valence-corrected chi connectivity index (χ2v) is 5.07. The Kier molecular flexibility index (Phi) is 5.56. The molecule has 0 bridgehead atoms. The van der Waals surface area contributed by atoms with Crippen molar-refractivity contribution in [3.8, 4) is 0 Å². The lowest BCUT2D eigenvalue weighted by Crippen LogP contribution is -2.51. The van der Waals surface area contributed by atoms with Gasteiger partial charge >= 0.3 is 0 Å². The molecule has 0 aromatic heterocycles. The van der Waals surface area contributed by atoms with Crippen molar-refractivity contribution in [1.29, 1.82) is 0 Å². The van der Waals surface area contributed by atoms with E-state index in [4.69, 9.17) is 5.53 Å². The van der Waals surface area contributed by atoms with Gasteiger partial charge in [0.25, 0.3) is 0 Å². The van der Waals surface area contributed by atoms with E-state index in [9.17, 15) is 15.0 Å². The zero-order valence-corrected chi connectivity index (χ0v) is 11.4. The summed E-state index contributed by atoms with van der Waals surface area (Å²) < 4.78 is 0. The van der Waals surface area contributed by atoms with Gasteiger partial charge in [0, 0.05) is 18.5 Å². The Bertz CT molecular complexity index is 369. The normalized spacial score (nSPS) is 26.8. The molecule has 1 amide bonds. The molecule has 108 valence electrons. The van der Waals surface area contributed by atoms with Crippen LogP contribution < -0.4 is 5.32 Å². The molecule has 1 rings (SSSR count). The number of carbonyl (C=O) groups excluding carboxylic acids is 1. The number of β-amino-alcohol motifs (C(OH)–C–C–N with tert-alkyl or cyclic N) is 1. The number of likely N-dealkylation sites (N-methyl/N-ethyl adjacent to an activating group) is 1. The van der Waals surface area contributed by atoms with E-state index in [0.717, 1.165) is 0 Å². The number of amides is 1. The van der Waals surface area contributed by atoms with Gasteiger partial charge in [-0.3, -0.25) is 9.69 Å². The molecule has 0 radical (unpaired) electrons. The van der Waals surface area contributed by atoms with E-state index in [1.165, 1.54) is 11.9 Å². The Hall–Kier alpha value is -1.34. The lowest BCUT2D eigenvalue weighted by Gasteiger charge is -2.33. The average molecular weight is 271 g/mol. The zero-order valence-electron chi connectivity index (χ0n) is 11.4. The van der Waals surface area contributed by atoms with Crippen LogP contribution in [0.5, 0.6) is 0 Å². The first-order chi connectivity index (χ1) is 8.92. The number of hydrogen-bond donors (Lipinski definition) is 3. The monoisotopic (exact) mass is 271 g/mol. The van der Waals surface area contributed by atoms with Crippen LogP contribution >= 0.6 is 0 Å². The molecule has 1 saturated heterocycles. The van der Waals surface area contributed by atoms with Crippen LogP contribution in [0.4, 0.5) is 0 Å². The SMILES string of the molecule is CNC(=O)[C@@H]1C[C@@H](O)CN1C(O)C(N=[N+]=[N-])C(C)C. The molecule has 2 unspecified atom stereocenters. The molecule has 4 atom stereocenters. The molecule has 0 aliphatic carbocycles. The second kappa shape index (κ2) is 6.72. The van der Waals surface area contributed by atoms with E-state index >= 15 is 0 Å². The predicted molar refractivity (Wildman–Crippen MR) is 69.0 cm³/mol. The molecule has 0 spiro atoms. The third-order valence-corrected chi connectivity index (χ3v) is 3.38. The van der Waals surface area contributed by atoms with E-state index in [1.807, 2.05) is 13.8 Å². The third-order valence-electron chi connectivity index (χ3n) is 3.38. The maximum atomic E-state index is 11.7. The summed E-state index contributed by atoms with van der Waals surface area (Å²) >= 11 is 0. The summed E-state index contributed by atoms with van der Waals surface area (Å²) in [5, 5.41) is 26.1. The van der Waals surface area contributed by atoms with E-state index in [-0.39, 0.29) is 24.8 Å². The summed E-state index contributed by atoms with van der Waals surface area (Å²) in [5.74, 6) is -0.340. The minimum absolute atomic E-state index is 0.0750. The number of nitrogens with zero attached hydrogens (tertiary/aromatic N) is 4. The van der Waals surface area contributed by atoms with Crippen LogP contribution in [0.1, 0.15) is 20.3 Å². The van der Waals surface area contributed by atoms with Gasteiger partial charge < -0.3 is 15.5 Å². The topological polar surface area (TPSA) is 122 Å². The Morgan fingerprint density at radius 2 is 2.21 bits per heavy atom. The molecule has 8 heteroatoms. The highest BCUT2D eigenvalue weighted by molar-refractivity contribution is 5.81. The third kappa shape index (κ3) is 3.57. The minimum atomic E-state index is -1.09. The highest BCUT2D eigenvalue weighted by atomic mass is 16.3. The molecular formula is C11H21N5O3. The predicted octanol–water partition coefficient (Wildman–Crippen LogP) is -0.179. The van der Waals surface area contributed by atoms with E-state index in [1.54, 1.807) is 0 Å². The van der Waals surface area contributed by atoms with Crippen LogP contribution in [0.25, 0.3) is 10.4 Å². The lowest BCUT2D eigenvalue weighted by molar-refractivity contribution is -0.130. The van der Waals surface area contributed by atoms with Crippen molar-refractivity contribution < 1.29 is 15.0 Å². The van der Waals surface area contributed by atoms with E-state index < -0.39 is 24.4 Å². The second-order valence-electron chi connectivity index (χ2n) is 5.07. The largest absolute Gasteiger partial charge is 0.392 e. The van der Waals surface area contributed by atoms with Crippen LogP contribution in [0.2, 0.25) is 0 Å². The number of aliphatic hydroxyl groups is 2. The van der Waals surface area contributed by atoms with Gasteiger partial charge in [0.05, 0.1) is 18.2 Å². The van der Waals surface area contributed by atoms with Gasteiger partial charge in [0.2, 0.25) is 5.91 Å². The first-order valence-corrected chi connectivity index (χ1v) is 6.30. The Morgan fingerprint density at radius 3 is 2.68 bits per heavy atom. The number of carbonyl (C=O) groups is 1. The van der Waals surface area contributed by atoms with Crippen molar-refractivity contribution in [3.05, 3.63) is 10.4 Å². The van der Waals surface area contributed by atoms with E-state index in [0.29, 0.717) is 0 Å². The van der Waals surface area contributed by atoms with Crippen LogP contribution in [-0.2, 0) is 4.79 Å². The van der Waals surface area contributed by atoms with Crippen molar-refractivity contribution in [2.24, 2.45) is 11.0 Å². The Labute approximate surface area is 112 Å². The molecular weight excluding hydrogens is 250 g/mol. The van der Waals surface area contributed by atoms with Crippen molar-refractivity contribution >= 4 is 5.91 Å². The van der Waals surface area contributed by atoms with E-state index in [2.05, 4.69) is 15.3 Å². The summed E-state index contributed by atoms with van der Waals surface area (Å²) in [5.41, 5.74) is 8.55. The van der Waals surface area contributed by atoms with Crippen molar-refractivity contribution in [1.82, 2.24) is 10.2 Å². The molecule has 1 heterocycles. The van der Waals surface area contributed by atoms with Crippen molar-refractivity contribution in [2.75, 3.05) is 13.6 Å². The Balaban J connectivity index is 2.91. The van der Waals surface area contributed by atoms with Crippen molar-refractivity contribution in [3.63, 3.8) is 0 Å². The van der Waals surface area contributed by atoms with Gasteiger partial charge in [0.15, 0.2) is 0 Å². The fourth-order valence-corrected chi connectivity index (χ4v) is 2.35. The van der Waals surface area contributed by atoms with Crippen LogP contribution in [0, 0.1) is 5.92 Å². The molecule has 0 aromatic carbocycles. The summed E-state index contributed by atoms with van der Waals surface area (Å²) in [6, 6.07) is -1.27. The molecule has 19 heavy (non-hydrogen) atoms. The minimum Gasteiger partial charge on any atom is -0.392 e. The fraction of sp³-hybridized carbons (Fsp3) is 0.909. The number of hydrogen-bond acceptors (Lipinski definition) is 5. The molecule has 8 nitrogen and oxygen atoms in total. The average Bonchev–Trinajstić information content (AvgIpc) is 2.76. The molecule has 3 N–H and O–H groups in total. The molecule has 1 aliphatic heterocycles. The maximum Gasteiger partial charge on any atom is 0.237 e.